The molecule has 1 saturated heterocycles. The van der Waals surface area contributed by atoms with Crippen molar-refractivity contribution in [3.63, 3.8) is 0 Å². The topological polar surface area (TPSA) is 175 Å². The molecule has 6 N–H and O–H groups in total. The lowest BCUT2D eigenvalue weighted by Gasteiger charge is -2.41. The number of carbonyl (C=O) groups excluding carboxylic acids is 2. The number of aliphatic hydroxyl groups excluding tert-OH is 5. The van der Waals surface area contributed by atoms with Gasteiger partial charge in [0, 0.05) is 6.42 Å². The number of unbranched alkanes of at least 4 members (excludes halogenated alkanes) is 48. The van der Waals surface area contributed by atoms with Crippen molar-refractivity contribution in [3.8, 4) is 0 Å². The van der Waals surface area contributed by atoms with Crippen molar-refractivity contribution in [2.45, 2.75) is 423 Å². The van der Waals surface area contributed by atoms with Crippen LogP contribution in [0.15, 0.2) is 36.5 Å². The summed E-state index contributed by atoms with van der Waals surface area (Å²) in [5.74, 6) is -1.18. The second-order valence-electron chi connectivity index (χ2n) is 26.4. The average molecular weight is 1230 g/mol. The summed E-state index contributed by atoms with van der Waals surface area (Å²) in [5, 5.41) is 57.3. The molecule has 11 nitrogen and oxygen atoms in total. The highest BCUT2D eigenvalue weighted by Gasteiger charge is 2.47. The Balaban J connectivity index is 2.52. The lowest BCUT2D eigenvalue weighted by Crippen LogP contribution is -2.61. The first kappa shape index (κ1) is 82.9. The minimum Gasteiger partial charge on any atom is -0.454 e. The van der Waals surface area contributed by atoms with Crippen molar-refractivity contribution >= 4 is 11.9 Å². The van der Waals surface area contributed by atoms with E-state index in [-0.39, 0.29) is 19.4 Å². The number of esters is 1. The van der Waals surface area contributed by atoms with Crippen LogP contribution in [0.3, 0.4) is 0 Å². The van der Waals surface area contributed by atoms with E-state index < -0.39 is 67.4 Å². The quantitative estimate of drug-likeness (QED) is 0.0195. The Bertz CT molecular complexity index is 1560. The van der Waals surface area contributed by atoms with Crippen LogP contribution in [0, 0.1) is 0 Å². The Hall–Kier alpha value is -2.12. The molecule has 0 saturated carbocycles. The van der Waals surface area contributed by atoms with Gasteiger partial charge in [0.1, 0.15) is 24.4 Å². The molecule has 0 radical (unpaired) electrons. The minimum atomic E-state index is -1.61. The van der Waals surface area contributed by atoms with E-state index in [0.29, 0.717) is 12.8 Å². The Morgan fingerprint density at radius 3 is 1.20 bits per heavy atom. The molecule has 0 aliphatic carbocycles. The van der Waals surface area contributed by atoms with Gasteiger partial charge in [-0.1, -0.05) is 346 Å². The lowest BCUT2D eigenvalue weighted by molar-refractivity contribution is -0.305. The van der Waals surface area contributed by atoms with E-state index in [9.17, 15) is 35.1 Å². The van der Waals surface area contributed by atoms with Gasteiger partial charge >= 0.3 is 5.97 Å². The number of aliphatic hydroxyl groups is 5. The van der Waals surface area contributed by atoms with Gasteiger partial charge in [0.25, 0.3) is 0 Å². The zero-order valence-corrected chi connectivity index (χ0v) is 57.2. The number of hydrogen-bond donors (Lipinski definition) is 6. The lowest BCUT2D eigenvalue weighted by atomic mass is 9.99. The number of allylic oxidation sites excluding steroid dienone is 5. The molecule has 8 unspecified atom stereocenters. The summed E-state index contributed by atoms with van der Waals surface area (Å²) in [5.41, 5.74) is 0. The first-order valence-corrected chi connectivity index (χ1v) is 37.8. The minimum absolute atomic E-state index is 0.129. The largest absolute Gasteiger partial charge is 0.454 e. The fourth-order valence-electron chi connectivity index (χ4n) is 12.1. The maximum absolute atomic E-state index is 13.5. The zero-order valence-electron chi connectivity index (χ0n) is 57.2. The van der Waals surface area contributed by atoms with Gasteiger partial charge in [0.05, 0.1) is 25.4 Å². The van der Waals surface area contributed by atoms with Gasteiger partial charge in [-0.3, -0.25) is 9.59 Å². The van der Waals surface area contributed by atoms with E-state index in [1.54, 1.807) is 6.08 Å². The second-order valence-corrected chi connectivity index (χ2v) is 26.4. The van der Waals surface area contributed by atoms with Gasteiger partial charge in [0.15, 0.2) is 12.4 Å². The summed E-state index contributed by atoms with van der Waals surface area (Å²) in [6.45, 7) is 5.83. The fraction of sp³-hybridized carbons (Fsp3) is 0.895. The molecule has 87 heavy (non-hydrogen) atoms. The molecule has 0 aromatic carbocycles. The molecule has 11 heteroatoms. The number of nitrogens with one attached hydrogen (secondary N) is 1. The highest BCUT2D eigenvalue weighted by molar-refractivity contribution is 5.80. The predicted molar refractivity (Wildman–Crippen MR) is 366 cm³/mol. The zero-order chi connectivity index (χ0) is 63.1. The van der Waals surface area contributed by atoms with Crippen molar-refractivity contribution in [2.75, 3.05) is 13.2 Å². The third-order valence-electron chi connectivity index (χ3n) is 18.0. The molecule has 512 valence electrons. The second kappa shape index (κ2) is 64.0. The summed E-state index contributed by atoms with van der Waals surface area (Å²) in [6, 6.07) is -1.02. The van der Waals surface area contributed by atoms with Crippen LogP contribution in [0.4, 0.5) is 0 Å². The predicted octanol–water partition coefficient (Wildman–Crippen LogP) is 19.7. The SMILES string of the molecule is CCCCC/C=C\C/C=C\CCCCCCCCCCC(O)C(=O)NC(COC1OC(CO)C(O)C(O)C1OC(=O)CCCCCCCCCCCCCCCCCCCCCCCCCCCCC)C(O)/C=C/CCCCCCCCCCCCC. The Morgan fingerprint density at radius 1 is 0.448 bits per heavy atom. The number of amides is 1. The van der Waals surface area contributed by atoms with Crippen molar-refractivity contribution in [1.29, 1.82) is 0 Å². The summed E-state index contributed by atoms with van der Waals surface area (Å²) in [4.78, 5) is 26.7. The molecule has 1 fully saturated rings. The average Bonchev–Trinajstić information content (AvgIpc) is 2.75. The Morgan fingerprint density at radius 2 is 0.793 bits per heavy atom. The van der Waals surface area contributed by atoms with Crippen molar-refractivity contribution in [3.05, 3.63) is 36.5 Å². The van der Waals surface area contributed by atoms with Crippen LogP contribution in [0.1, 0.15) is 374 Å². The fourth-order valence-corrected chi connectivity index (χ4v) is 12.1. The molecule has 0 bridgehead atoms. The summed E-state index contributed by atoms with van der Waals surface area (Å²) in [6.07, 6.45) is 69.1. The van der Waals surface area contributed by atoms with Crippen molar-refractivity contribution in [2.24, 2.45) is 0 Å². The van der Waals surface area contributed by atoms with E-state index in [4.69, 9.17) is 14.2 Å². The maximum Gasteiger partial charge on any atom is 0.306 e. The van der Waals surface area contributed by atoms with Crippen molar-refractivity contribution in [1.82, 2.24) is 5.32 Å². The highest BCUT2D eigenvalue weighted by atomic mass is 16.7. The van der Waals surface area contributed by atoms with E-state index in [0.717, 1.165) is 70.6 Å². The first-order chi connectivity index (χ1) is 42.7. The molecule has 1 aliphatic rings. The van der Waals surface area contributed by atoms with Crippen LogP contribution < -0.4 is 5.32 Å². The van der Waals surface area contributed by atoms with Crippen LogP contribution in [0.25, 0.3) is 0 Å². The van der Waals surface area contributed by atoms with Gasteiger partial charge in [0.2, 0.25) is 5.91 Å². The number of ether oxygens (including phenoxy) is 3. The molecule has 1 aliphatic heterocycles. The molecular weight excluding hydrogens is 1090 g/mol. The number of hydrogen-bond acceptors (Lipinski definition) is 10. The third-order valence-corrected chi connectivity index (χ3v) is 18.0. The molecule has 0 aromatic rings. The van der Waals surface area contributed by atoms with E-state index in [2.05, 4.69) is 50.4 Å². The van der Waals surface area contributed by atoms with E-state index in [1.165, 1.54) is 257 Å². The summed E-state index contributed by atoms with van der Waals surface area (Å²) >= 11 is 0. The van der Waals surface area contributed by atoms with Gasteiger partial charge in [-0.15, -0.1) is 0 Å². The summed E-state index contributed by atoms with van der Waals surface area (Å²) in [7, 11) is 0. The van der Waals surface area contributed by atoms with Gasteiger partial charge in [-0.2, -0.15) is 0 Å². The molecule has 1 heterocycles. The molecule has 8 atom stereocenters. The van der Waals surface area contributed by atoms with Crippen LogP contribution >= 0.6 is 0 Å². The van der Waals surface area contributed by atoms with Crippen molar-refractivity contribution < 1.29 is 49.3 Å². The van der Waals surface area contributed by atoms with Gasteiger partial charge < -0.3 is 45.1 Å². The molecule has 1 rings (SSSR count). The third kappa shape index (κ3) is 51.1. The Labute approximate surface area is 536 Å². The van der Waals surface area contributed by atoms with Crippen LogP contribution in [-0.2, 0) is 23.8 Å². The highest BCUT2D eigenvalue weighted by Crippen LogP contribution is 2.27. The Kier molecular flexibility index (Phi) is 61.0. The molecule has 0 spiro atoms. The number of carbonyl (C=O) groups is 2. The number of rotatable bonds is 66. The van der Waals surface area contributed by atoms with Crippen LogP contribution in [0.2, 0.25) is 0 Å². The van der Waals surface area contributed by atoms with E-state index >= 15 is 0 Å². The smallest absolute Gasteiger partial charge is 0.306 e. The first-order valence-electron chi connectivity index (χ1n) is 37.8. The van der Waals surface area contributed by atoms with Crippen LogP contribution in [-0.4, -0.2) is 99.6 Å². The van der Waals surface area contributed by atoms with E-state index in [1.807, 2.05) is 6.08 Å². The molecular formula is C76H143NO10. The summed E-state index contributed by atoms with van der Waals surface area (Å²) < 4.78 is 17.7. The van der Waals surface area contributed by atoms with Gasteiger partial charge in [-0.25, -0.2) is 0 Å². The normalized spacial score (nSPS) is 18.4. The standard InChI is InChI=1S/C76H143NO10/c1-4-7-10-13-16-19-22-25-27-29-31-32-33-34-35-36-37-38-39-41-43-46-49-52-55-58-61-64-71(81)87-74-73(83)72(82)70(65-78)86-76(74)85-66-67(68(79)62-59-56-53-50-47-44-24-21-18-15-12-9-6-3)77-75(84)69(80)63-60-57-54-51-48-45-42-40-30-28-26-23-20-17-14-11-8-5-2/h17,20,26,28,59,62,67-70,72-74,76,78-80,82-83H,4-16,18-19,21-25,27,29-58,60-61,63-66H2,1-3H3,(H,77,84)/b20-17-,28-26-,62-59+. The molecule has 0 aromatic heterocycles. The van der Waals surface area contributed by atoms with Gasteiger partial charge in [-0.05, 0) is 57.8 Å². The molecule has 1 amide bonds. The van der Waals surface area contributed by atoms with Crippen LogP contribution in [0.5, 0.6) is 0 Å². The maximum atomic E-state index is 13.5. The monoisotopic (exact) mass is 1230 g/mol.